The highest BCUT2D eigenvalue weighted by molar-refractivity contribution is 5.69. The van der Waals surface area contributed by atoms with Gasteiger partial charge in [0.05, 0.1) is 0 Å². The predicted octanol–water partition coefficient (Wildman–Crippen LogP) is 2.40. The molecule has 108 valence electrons. The molecule has 0 aromatic carbocycles. The molecule has 0 radical (unpaired) electrons. The third-order valence-corrected chi connectivity index (χ3v) is 4.01. The summed E-state index contributed by atoms with van der Waals surface area (Å²) < 4.78 is 5.24. The summed E-state index contributed by atoms with van der Waals surface area (Å²) in [6.07, 6.45) is 2.93. The fraction of sp³-hybridized carbons (Fsp3) is 0.857. The number of hydrogen-bond acceptors (Lipinski definition) is 3. The van der Waals surface area contributed by atoms with Crippen molar-refractivity contribution in [1.29, 1.82) is 0 Å². The zero-order chi connectivity index (χ0) is 14.2. The van der Waals surface area contributed by atoms with Crippen LogP contribution in [-0.4, -0.2) is 28.8 Å². The minimum absolute atomic E-state index is 0.113. The quantitative estimate of drug-likeness (QED) is 0.825. The summed E-state index contributed by atoms with van der Waals surface area (Å²) in [5.41, 5.74) is -0.495. The van der Waals surface area contributed by atoms with Crippen molar-refractivity contribution in [3.63, 3.8) is 0 Å². The lowest BCUT2D eigenvalue weighted by molar-refractivity contribution is -0.138. The summed E-state index contributed by atoms with van der Waals surface area (Å²) in [6, 6.07) is 0.113. The number of aliphatic carboxylic acids is 1. The SMILES string of the molecule is CC(C)(C)OC(=O)N[C@@H]1[C@H]2CCCC(CC(=O)O)[C@H]21. The molecule has 0 saturated heterocycles. The van der Waals surface area contributed by atoms with Crippen molar-refractivity contribution in [2.45, 2.75) is 58.1 Å². The number of hydrogen-bond donors (Lipinski definition) is 2. The average molecular weight is 269 g/mol. The van der Waals surface area contributed by atoms with E-state index in [0.29, 0.717) is 11.8 Å². The van der Waals surface area contributed by atoms with E-state index >= 15 is 0 Å². The molecule has 0 bridgehead atoms. The van der Waals surface area contributed by atoms with Crippen molar-refractivity contribution in [2.24, 2.45) is 17.8 Å². The zero-order valence-electron chi connectivity index (χ0n) is 11.8. The Bertz CT molecular complexity index is 374. The number of alkyl carbamates (subject to hydrolysis) is 1. The monoisotopic (exact) mass is 269 g/mol. The van der Waals surface area contributed by atoms with E-state index < -0.39 is 11.6 Å². The first-order valence-electron chi connectivity index (χ1n) is 6.99. The molecule has 2 saturated carbocycles. The van der Waals surface area contributed by atoms with Crippen LogP contribution in [0.4, 0.5) is 4.79 Å². The topological polar surface area (TPSA) is 75.6 Å². The molecule has 5 nitrogen and oxygen atoms in total. The van der Waals surface area contributed by atoms with Gasteiger partial charge in [0, 0.05) is 12.5 Å². The first-order chi connectivity index (χ1) is 8.78. The van der Waals surface area contributed by atoms with Gasteiger partial charge in [0.15, 0.2) is 0 Å². The van der Waals surface area contributed by atoms with Crippen molar-refractivity contribution in [2.75, 3.05) is 0 Å². The first-order valence-corrected chi connectivity index (χ1v) is 6.99. The van der Waals surface area contributed by atoms with Gasteiger partial charge in [-0.2, -0.15) is 0 Å². The standard InChI is InChI=1S/C14H23NO4/c1-14(2,3)19-13(18)15-12-9-6-4-5-8(11(9)12)7-10(16)17/h8-9,11-12H,4-7H2,1-3H3,(H,15,18)(H,16,17)/t8?,9-,11+,12+/m0/s1. The maximum Gasteiger partial charge on any atom is 0.407 e. The molecule has 0 spiro atoms. The number of nitrogens with one attached hydrogen (secondary N) is 1. The van der Waals surface area contributed by atoms with Gasteiger partial charge in [-0.3, -0.25) is 4.79 Å². The number of ether oxygens (including phenoxy) is 1. The lowest BCUT2D eigenvalue weighted by Crippen LogP contribution is -2.35. The van der Waals surface area contributed by atoms with Gasteiger partial charge in [0.25, 0.3) is 0 Å². The molecule has 0 aliphatic heterocycles. The van der Waals surface area contributed by atoms with Crippen LogP contribution in [0.25, 0.3) is 0 Å². The van der Waals surface area contributed by atoms with Crippen LogP contribution in [-0.2, 0) is 9.53 Å². The summed E-state index contributed by atoms with van der Waals surface area (Å²) in [6.45, 7) is 5.50. The summed E-state index contributed by atoms with van der Waals surface area (Å²) >= 11 is 0. The predicted molar refractivity (Wildman–Crippen MR) is 69.7 cm³/mol. The number of amides is 1. The van der Waals surface area contributed by atoms with Crippen molar-refractivity contribution in [1.82, 2.24) is 5.32 Å². The Morgan fingerprint density at radius 3 is 2.58 bits per heavy atom. The molecular formula is C14H23NO4. The van der Waals surface area contributed by atoms with E-state index in [-0.39, 0.29) is 24.5 Å². The van der Waals surface area contributed by atoms with E-state index in [2.05, 4.69) is 5.32 Å². The van der Waals surface area contributed by atoms with Crippen LogP contribution < -0.4 is 5.32 Å². The molecule has 0 heterocycles. The van der Waals surface area contributed by atoms with Gasteiger partial charge < -0.3 is 15.2 Å². The van der Waals surface area contributed by atoms with Crippen LogP contribution in [0.2, 0.25) is 0 Å². The van der Waals surface area contributed by atoms with Crippen LogP contribution in [0, 0.1) is 17.8 Å². The molecule has 2 fully saturated rings. The second-order valence-electron chi connectivity index (χ2n) is 6.70. The Morgan fingerprint density at radius 2 is 2.00 bits per heavy atom. The molecular weight excluding hydrogens is 246 g/mol. The molecule has 1 amide bonds. The van der Waals surface area contributed by atoms with Gasteiger partial charge >= 0.3 is 12.1 Å². The number of carboxylic acids is 1. The minimum atomic E-state index is -0.742. The van der Waals surface area contributed by atoms with Crippen LogP contribution in [0.1, 0.15) is 46.5 Å². The van der Waals surface area contributed by atoms with E-state index in [9.17, 15) is 9.59 Å². The van der Waals surface area contributed by atoms with Crippen LogP contribution in [0.15, 0.2) is 0 Å². The number of carboxylic acid groups (broad SMARTS) is 1. The summed E-state index contributed by atoms with van der Waals surface area (Å²) in [5.74, 6) is 0.243. The Morgan fingerprint density at radius 1 is 1.32 bits per heavy atom. The van der Waals surface area contributed by atoms with Gasteiger partial charge in [-0.05, 0) is 51.4 Å². The van der Waals surface area contributed by atoms with Gasteiger partial charge in [-0.15, -0.1) is 0 Å². The Kier molecular flexibility index (Phi) is 3.74. The maximum absolute atomic E-state index is 11.7. The van der Waals surface area contributed by atoms with Crippen LogP contribution >= 0.6 is 0 Å². The van der Waals surface area contributed by atoms with Gasteiger partial charge in [0.2, 0.25) is 0 Å². The van der Waals surface area contributed by atoms with Crippen molar-refractivity contribution >= 4 is 12.1 Å². The molecule has 4 atom stereocenters. The van der Waals surface area contributed by atoms with Crippen molar-refractivity contribution in [3.05, 3.63) is 0 Å². The maximum atomic E-state index is 11.7. The van der Waals surface area contributed by atoms with Crippen LogP contribution in [0.3, 0.4) is 0 Å². The number of carbonyl (C=O) groups excluding carboxylic acids is 1. The summed E-state index contributed by atoms with van der Waals surface area (Å²) in [4.78, 5) is 22.6. The van der Waals surface area contributed by atoms with Gasteiger partial charge in [-0.25, -0.2) is 4.79 Å². The molecule has 2 aliphatic rings. The van der Waals surface area contributed by atoms with E-state index in [4.69, 9.17) is 9.84 Å². The fourth-order valence-corrected chi connectivity index (χ4v) is 3.33. The van der Waals surface area contributed by atoms with Gasteiger partial charge in [-0.1, -0.05) is 6.42 Å². The van der Waals surface area contributed by atoms with E-state index in [1.54, 1.807) is 0 Å². The highest BCUT2D eigenvalue weighted by Gasteiger charge is 2.56. The highest BCUT2D eigenvalue weighted by atomic mass is 16.6. The van der Waals surface area contributed by atoms with E-state index in [1.807, 2.05) is 20.8 Å². The highest BCUT2D eigenvalue weighted by Crippen LogP contribution is 2.54. The zero-order valence-corrected chi connectivity index (χ0v) is 11.8. The third-order valence-electron chi connectivity index (χ3n) is 4.01. The number of carbonyl (C=O) groups is 2. The molecule has 1 unspecified atom stereocenters. The second-order valence-corrected chi connectivity index (χ2v) is 6.70. The summed E-state index contributed by atoms with van der Waals surface area (Å²) in [7, 11) is 0. The Balaban J connectivity index is 1.86. The molecule has 2 N–H and O–H groups in total. The molecule has 5 heteroatoms. The first kappa shape index (κ1) is 14.2. The number of fused-ring (bicyclic) bond motifs is 1. The second kappa shape index (κ2) is 5.02. The summed E-state index contributed by atoms with van der Waals surface area (Å²) in [5, 5.41) is 11.8. The number of rotatable bonds is 3. The van der Waals surface area contributed by atoms with Gasteiger partial charge in [0.1, 0.15) is 5.60 Å². The minimum Gasteiger partial charge on any atom is -0.481 e. The van der Waals surface area contributed by atoms with Crippen molar-refractivity contribution in [3.8, 4) is 0 Å². The molecule has 2 aliphatic carbocycles. The van der Waals surface area contributed by atoms with E-state index in [0.717, 1.165) is 19.3 Å². The fourth-order valence-electron chi connectivity index (χ4n) is 3.33. The molecule has 19 heavy (non-hydrogen) atoms. The lowest BCUT2D eigenvalue weighted by Gasteiger charge is -2.20. The third kappa shape index (κ3) is 3.61. The largest absolute Gasteiger partial charge is 0.481 e. The van der Waals surface area contributed by atoms with E-state index in [1.165, 1.54) is 0 Å². The Labute approximate surface area is 113 Å². The lowest BCUT2D eigenvalue weighted by atomic mass is 9.87. The van der Waals surface area contributed by atoms with Crippen molar-refractivity contribution < 1.29 is 19.4 Å². The van der Waals surface area contributed by atoms with Crippen LogP contribution in [0.5, 0.6) is 0 Å². The molecule has 0 aromatic rings. The normalized spacial score (nSPS) is 33.2. The molecule has 0 aromatic heterocycles. The average Bonchev–Trinajstić information content (AvgIpc) is 2.89. The molecule has 2 rings (SSSR count). The smallest absolute Gasteiger partial charge is 0.407 e. The Hall–Kier alpha value is -1.26.